The van der Waals surface area contributed by atoms with Gasteiger partial charge in [-0.2, -0.15) is 0 Å². The molecule has 0 aliphatic carbocycles. The monoisotopic (exact) mass is 1940 g/mol. The van der Waals surface area contributed by atoms with E-state index < -0.39 is 72.4 Å². The van der Waals surface area contributed by atoms with Gasteiger partial charge in [-0.25, -0.2) is 28.8 Å². The van der Waals surface area contributed by atoms with Gasteiger partial charge in [-0.15, -0.1) is 0 Å². The molecule has 13 rings (SSSR count). The van der Waals surface area contributed by atoms with Gasteiger partial charge in [0, 0.05) is 39.9 Å². The molecule has 0 amide bonds. The van der Waals surface area contributed by atoms with Crippen LogP contribution in [-0.2, 0) is 73.9 Å². The minimum atomic E-state index is -0.963. The molecule has 2 heterocycles. The number of aliphatic hydroxyl groups excluding tert-OH is 6. The zero-order valence-electron chi connectivity index (χ0n) is 81.1. The lowest BCUT2D eigenvalue weighted by Gasteiger charge is -2.26. The molecule has 0 bridgehead atoms. The first-order valence-electron chi connectivity index (χ1n) is 46.4. The summed E-state index contributed by atoms with van der Waals surface area (Å²) in [4.78, 5) is 69.2. The lowest BCUT2D eigenvalue weighted by Crippen LogP contribution is -2.25. The number of rotatable bonds is 50. The van der Waals surface area contributed by atoms with Crippen LogP contribution in [0.3, 0.4) is 0 Å². The van der Waals surface area contributed by atoms with Crippen LogP contribution in [0.1, 0.15) is 131 Å². The van der Waals surface area contributed by atoms with Crippen molar-refractivity contribution in [2.24, 2.45) is 0 Å². The predicted octanol–water partition coefficient (Wildman–Crippen LogP) is 15.8. The Morgan fingerprint density at radius 1 is 0.254 bits per heavy atom. The third-order valence-electron chi connectivity index (χ3n) is 22.9. The summed E-state index contributed by atoms with van der Waals surface area (Å²) in [6.45, 7) is 28.7. The summed E-state index contributed by atoms with van der Waals surface area (Å²) in [6.07, 6.45) is -2.06. The Bertz CT molecular complexity index is 5460. The summed E-state index contributed by atoms with van der Waals surface area (Å²) >= 11 is 0. The predicted molar refractivity (Wildman–Crippen MR) is 533 cm³/mol. The number of carbonyl (C=O) groups excluding carboxylic acids is 6. The van der Waals surface area contributed by atoms with E-state index in [1.54, 1.807) is 72.8 Å². The van der Waals surface area contributed by atoms with E-state index in [0.717, 1.165) is 76.3 Å². The number of aliphatic hydroxyl groups is 6. The summed E-state index contributed by atoms with van der Waals surface area (Å²) < 4.78 is 85.4. The fraction of sp³-hybridized carbons (Fsp3) is 0.316. The lowest BCUT2D eigenvalue weighted by atomic mass is 9.78. The topological polar surface area (TPSA) is 378 Å². The van der Waals surface area contributed by atoms with Gasteiger partial charge in [0.1, 0.15) is 187 Å². The molecule has 11 aromatic carbocycles. The largest absolute Gasteiger partial charge is 0.491 e. The molecule has 0 spiro atoms. The minimum absolute atomic E-state index is 0.0139. The van der Waals surface area contributed by atoms with Crippen molar-refractivity contribution < 1.29 is 135 Å². The Morgan fingerprint density at radius 3 is 0.563 bits per heavy atom. The summed E-state index contributed by atoms with van der Waals surface area (Å²) in [6, 6.07) is 87.9. The molecule has 6 N–H and O–H groups in total. The maximum atomic E-state index is 12.0. The van der Waals surface area contributed by atoms with Crippen LogP contribution in [0.2, 0.25) is 0 Å². The molecular weight excluding hydrogens is 1820 g/mol. The fourth-order valence-corrected chi connectivity index (χ4v) is 13.8. The van der Waals surface area contributed by atoms with E-state index in [4.69, 9.17) is 75.8 Å². The third-order valence-corrected chi connectivity index (χ3v) is 22.9. The van der Waals surface area contributed by atoms with Crippen molar-refractivity contribution in [3.63, 3.8) is 0 Å². The molecule has 28 heteroatoms. The number of benzene rings is 11. The van der Waals surface area contributed by atoms with Crippen LogP contribution in [0.5, 0.6) is 46.0 Å². The number of esters is 6. The van der Waals surface area contributed by atoms with Crippen molar-refractivity contribution in [1.82, 2.24) is 0 Å². The van der Waals surface area contributed by atoms with Crippen molar-refractivity contribution in [2.45, 2.75) is 126 Å². The van der Waals surface area contributed by atoms with Crippen LogP contribution >= 0.6 is 0 Å². The summed E-state index contributed by atoms with van der Waals surface area (Å²) in [7, 11) is 0. The van der Waals surface area contributed by atoms with Gasteiger partial charge < -0.3 is 106 Å². The fourth-order valence-electron chi connectivity index (χ4n) is 13.8. The maximum Gasteiger partial charge on any atom is 0.338 e. The van der Waals surface area contributed by atoms with E-state index >= 15 is 0 Å². The smallest absolute Gasteiger partial charge is 0.338 e. The van der Waals surface area contributed by atoms with Crippen molar-refractivity contribution in [2.75, 3.05) is 106 Å². The van der Waals surface area contributed by atoms with Gasteiger partial charge in [-0.05, 0) is 178 Å². The maximum absolute atomic E-state index is 12.0. The molecule has 2 aliphatic heterocycles. The summed E-state index contributed by atoms with van der Waals surface area (Å²) in [5, 5.41) is 60.1. The van der Waals surface area contributed by atoms with E-state index in [9.17, 15) is 59.4 Å². The normalized spacial score (nSPS) is 14.2. The Labute approximate surface area is 828 Å². The van der Waals surface area contributed by atoms with E-state index in [1.807, 2.05) is 188 Å². The number of ether oxygens (including phenoxy) is 16. The van der Waals surface area contributed by atoms with Crippen LogP contribution in [0.4, 0.5) is 0 Å². The van der Waals surface area contributed by atoms with Crippen LogP contribution in [0.15, 0.2) is 323 Å². The zero-order chi connectivity index (χ0) is 102. The Kier molecular flexibility index (Phi) is 42.4. The summed E-state index contributed by atoms with van der Waals surface area (Å²) in [5.74, 6) is 2.01. The summed E-state index contributed by atoms with van der Waals surface area (Å²) in [5.41, 5.74) is 9.07. The lowest BCUT2D eigenvalue weighted by molar-refractivity contribution is -0.142. The van der Waals surface area contributed by atoms with E-state index in [0.29, 0.717) is 64.4 Å². The van der Waals surface area contributed by atoms with Crippen LogP contribution < -0.4 is 37.9 Å². The number of hydrogen-bond donors (Lipinski definition) is 6. The Hall–Kier alpha value is -14.5. The molecule has 2 aliphatic rings. The highest BCUT2D eigenvalue weighted by Gasteiger charge is 2.31. The SMILES string of the molecule is C=CC(=O)OCC(O)COc1ccc(C(C)(C)c2ccc(OCC(O)COC(=O)C=C)cc2)cc1.C=CC(=O)OCC(O)COc1ccc(C(C)(C)c2ccc(OCC(O)COC(=O)c3ccccc3)cc2)cc1.CC(C)(c1ccc(OCC(O)COC(=O)c2ccccc2)cc1)c1ccc(OCC(O)COC(=O)c2ccccc2)cc1.CC(C)(c1ccc(OCC2CO2)cc1)c1ccc(OCC2CO2)cc1. The third kappa shape index (κ3) is 36.3. The number of hydrogen-bond acceptors (Lipinski definition) is 28. The molecule has 8 unspecified atom stereocenters. The average Bonchev–Trinajstić information content (AvgIpc) is 1.10. The van der Waals surface area contributed by atoms with Crippen molar-refractivity contribution in [1.29, 1.82) is 0 Å². The van der Waals surface area contributed by atoms with E-state index in [1.165, 1.54) is 11.1 Å². The van der Waals surface area contributed by atoms with Gasteiger partial charge in [-0.3, -0.25) is 0 Å². The van der Waals surface area contributed by atoms with Gasteiger partial charge >= 0.3 is 35.8 Å². The second-order valence-corrected chi connectivity index (χ2v) is 35.4. The molecule has 0 aromatic heterocycles. The van der Waals surface area contributed by atoms with Crippen LogP contribution in [0.25, 0.3) is 0 Å². The van der Waals surface area contributed by atoms with Gasteiger partial charge in [0.05, 0.1) is 29.9 Å². The molecule has 142 heavy (non-hydrogen) atoms. The van der Waals surface area contributed by atoms with Gasteiger partial charge in [0.15, 0.2) is 0 Å². The van der Waals surface area contributed by atoms with Crippen LogP contribution in [-0.4, -0.2) is 221 Å². The highest BCUT2D eigenvalue weighted by atomic mass is 16.6. The molecule has 2 fully saturated rings. The van der Waals surface area contributed by atoms with Gasteiger partial charge in [-0.1, -0.05) is 227 Å². The Balaban J connectivity index is 0.000000197. The zero-order valence-corrected chi connectivity index (χ0v) is 81.1. The van der Waals surface area contributed by atoms with E-state index in [-0.39, 0.29) is 113 Å². The molecule has 0 saturated carbocycles. The first kappa shape index (κ1) is 110. The van der Waals surface area contributed by atoms with Crippen molar-refractivity contribution in [3.8, 4) is 46.0 Å². The minimum Gasteiger partial charge on any atom is -0.491 e. The first-order valence-corrected chi connectivity index (χ1v) is 46.4. The Morgan fingerprint density at radius 2 is 0.408 bits per heavy atom. The second-order valence-electron chi connectivity index (χ2n) is 35.4. The molecule has 2 saturated heterocycles. The molecule has 0 radical (unpaired) electrons. The number of epoxide rings is 2. The number of carbonyl (C=O) groups is 6. The van der Waals surface area contributed by atoms with E-state index in [2.05, 4.69) is 99.4 Å². The average molecular weight is 1940 g/mol. The standard InChI is InChI=1S/C35H36O8.C31H34O8.C27H32O8.C21H24O4/c1-35(2,27-13-17-31(18-14-27)40-21-29(36)23-42-33(38)25-9-5-3-6-10-25)28-15-19-32(20-16-28)41-22-30(37)24-43-34(39)26-11-7-4-8-12-26;1-4-29(34)38-20-25(32)18-36-27-14-10-23(11-15-27)31(2,3)24-12-16-28(17-13-24)37-19-26(33)21-39-30(35)22-8-6-5-7-9-22;1-5-25(30)34-17-21(28)15-32-23-11-7-19(8-12-23)27(3,4)20-9-13-24(14-10-20)33-16-22(29)18-35-26(31)6-2;1-21(2,15-3-7-17(8-4-15)22-11-19-13-24-19)16-5-9-18(10-6-16)23-12-20-14-25-20/h3-20,29-30,36-37H,21-24H2,1-2H3;4-17,25-26,32-33H,1,18-21H2,2-3H3;5-14,21-22,28-29H,1-2,15-18H2,3-4H3;3-10,19-20H,11-14H2,1-2H3. The van der Waals surface area contributed by atoms with Gasteiger partial charge in [0.25, 0.3) is 0 Å². The van der Waals surface area contributed by atoms with Gasteiger partial charge in [0.2, 0.25) is 0 Å². The molecular formula is C114H126O28. The van der Waals surface area contributed by atoms with Crippen molar-refractivity contribution >= 4 is 35.8 Å². The first-order chi connectivity index (χ1) is 68.2. The molecule has 11 aromatic rings. The highest BCUT2D eigenvalue weighted by Crippen LogP contribution is 2.39. The highest BCUT2D eigenvalue weighted by molar-refractivity contribution is 5.90. The quantitative estimate of drug-likeness (QED) is 0.00892. The molecule has 28 nitrogen and oxygen atoms in total. The van der Waals surface area contributed by atoms with Crippen molar-refractivity contribution in [3.05, 3.63) is 384 Å². The second kappa shape index (κ2) is 54.9. The van der Waals surface area contributed by atoms with Crippen LogP contribution in [0, 0.1) is 0 Å². The molecule has 8 atom stereocenters. The molecule has 750 valence electrons.